The highest BCUT2D eigenvalue weighted by atomic mass is 35.7. The van der Waals surface area contributed by atoms with Gasteiger partial charge >= 0.3 is 9.24 Å². The lowest BCUT2D eigenvalue weighted by molar-refractivity contribution is -0.137. The Labute approximate surface area is 82.4 Å². The number of hydrogen-bond acceptors (Lipinski definition) is 3. The van der Waals surface area contributed by atoms with Gasteiger partial charge in [0.2, 0.25) is 5.91 Å². The van der Waals surface area contributed by atoms with Crippen LogP contribution in [0.3, 0.4) is 0 Å². The molecule has 4 nitrogen and oxygen atoms in total. The first-order valence-corrected chi connectivity index (χ1v) is 6.36. The molecule has 0 aromatic carbocycles. The van der Waals surface area contributed by atoms with Gasteiger partial charge in [-0.3, -0.25) is 4.79 Å². The lowest BCUT2D eigenvalue weighted by Gasteiger charge is -2.37. The zero-order valence-electron chi connectivity index (χ0n) is 7.53. The molecule has 0 N–H and O–H groups in total. The topological polar surface area (TPSA) is 54.5 Å². The van der Waals surface area contributed by atoms with Crippen molar-refractivity contribution in [3.05, 3.63) is 0 Å². The lowest BCUT2D eigenvalue weighted by atomic mass is 9.96. The Balaban J connectivity index is 2.68. The van der Waals surface area contributed by atoms with Gasteiger partial charge in [0, 0.05) is 17.1 Å². The summed E-state index contributed by atoms with van der Waals surface area (Å²) in [7, 11) is 1.23. The molecule has 0 spiro atoms. The third-order valence-corrected chi connectivity index (χ3v) is 3.38. The maximum atomic E-state index is 10.9. The summed E-state index contributed by atoms with van der Waals surface area (Å²) in [4.78, 5) is 10.9. The highest BCUT2D eigenvalue weighted by Crippen LogP contribution is 2.29. The predicted octanol–water partition coefficient (Wildman–Crippen LogP) is 1.12. The molecule has 1 aliphatic rings. The smallest absolute Gasteiger partial charge is 0.274 e. The Morgan fingerprint density at radius 3 is 2.46 bits per heavy atom. The molecule has 1 atom stereocenters. The minimum Gasteiger partial charge on any atom is -0.274 e. The summed E-state index contributed by atoms with van der Waals surface area (Å²) < 4.78 is 22.5. The van der Waals surface area contributed by atoms with Gasteiger partial charge in [0.25, 0.3) is 0 Å². The monoisotopic (exact) mass is 225 g/mol. The van der Waals surface area contributed by atoms with Crippen LogP contribution in [0.5, 0.6) is 0 Å². The van der Waals surface area contributed by atoms with Crippen molar-refractivity contribution in [1.29, 1.82) is 0 Å². The van der Waals surface area contributed by atoms with Gasteiger partial charge in [0.1, 0.15) is 0 Å². The van der Waals surface area contributed by atoms with Crippen LogP contribution in [-0.2, 0) is 14.0 Å². The summed E-state index contributed by atoms with van der Waals surface area (Å²) >= 11 is 0. The van der Waals surface area contributed by atoms with Crippen molar-refractivity contribution in [3.8, 4) is 0 Å². The van der Waals surface area contributed by atoms with Crippen LogP contribution in [0.2, 0.25) is 0 Å². The van der Waals surface area contributed by atoms with Crippen molar-refractivity contribution in [3.63, 3.8) is 0 Å². The third kappa shape index (κ3) is 2.34. The molecular formula is C7H12ClNO3S. The number of nitrogens with zero attached hydrogens (tertiary/aromatic N) is 1. The maximum Gasteiger partial charge on any atom is 0.324 e. The molecule has 1 unspecified atom stereocenters. The Bertz CT molecular complexity index is 312. The van der Waals surface area contributed by atoms with E-state index in [9.17, 15) is 13.2 Å². The van der Waals surface area contributed by atoms with Gasteiger partial charge in [-0.15, -0.1) is 0 Å². The molecule has 0 saturated carbocycles. The zero-order valence-corrected chi connectivity index (χ0v) is 9.10. The molecule has 1 heterocycles. The van der Waals surface area contributed by atoms with Gasteiger partial charge in [-0.25, -0.2) is 4.31 Å². The number of amides is 1. The number of carbonyl (C=O) groups is 1. The van der Waals surface area contributed by atoms with Crippen molar-refractivity contribution < 1.29 is 13.2 Å². The molecule has 0 aliphatic carbocycles. The molecular weight excluding hydrogens is 214 g/mol. The molecule has 1 rings (SSSR count). The quantitative estimate of drug-likeness (QED) is 0.534. The van der Waals surface area contributed by atoms with Gasteiger partial charge < -0.3 is 0 Å². The predicted molar refractivity (Wildman–Crippen MR) is 49.5 cm³/mol. The van der Waals surface area contributed by atoms with E-state index in [0.717, 1.165) is 4.31 Å². The van der Waals surface area contributed by atoms with Crippen molar-refractivity contribution in [2.24, 2.45) is 5.92 Å². The molecule has 1 amide bonds. The van der Waals surface area contributed by atoms with Crippen LogP contribution >= 0.6 is 10.7 Å². The standard InChI is InChI=1S/C7H12ClNO3S/c1-5(2)3-6-4-7(10)9(6)13(8,11)12/h5-6H,3-4H2,1-2H3. The highest BCUT2D eigenvalue weighted by molar-refractivity contribution is 8.12. The Morgan fingerprint density at radius 2 is 2.15 bits per heavy atom. The summed E-state index contributed by atoms with van der Waals surface area (Å²) in [5.74, 6) is -0.0420. The first-order chi connectivity index (χ1) is 5.82. The van der Waals surface area contributed by atoms with E-state index in [-0.39, 0.29) is 6.04 Å². The first-order valence-electron chi connectivity index (χ1n) is 4.09. The largest absolute Gasteiger partial charge is 0.324 e. The first kappa shape index (κ1) is 10.8. The van der Waals surface area contributed by atoms with Crippen molar-refractivity contribution in [1.82, 2.24) is 4.31 Å². The average molecular weight is 226 g/mol. The number of hydrogen-bond donors (Lipinski definition) is 0. The SMILES string of the molecule is CC(C)CC1CC(=O)N1S(=O)(=O)Cl. The molecule has 0 aromatic heterocycles. The van der Waals surface area contributed by atoms with E-state index < -0.39 is 15.1 Å². The third-order valence-electron chi connectivity index (χ3n) is 1.97. The van der Waals surface area contributed by atoms with Crippen LogP contribution in [0, 0.1) is 5.92 Å². The van der Waals surface area contributed by atoms with Crippen LogP contribution in [0.4, 0.5) is 0 Å². The van der Waals surface area contributed by atoms with E-state index in [1.807, 2.05) is 13.8 Å². The van der Waals surface area contributed by atoms with Gasteiger partial charge in [-0.1, -0.05) is 13.8 Å². The van der Waals surface area contributed by atoms with E-state index in [2.05, 4.69) is 0 Å². The second-order valence-electron chi connectivity index (χ2n) is 3.62. The van der Waals surface area contributed by atoms with E-state index in [1.165, 1.54) is 0 Å². The number of β-lactam (4-membered cyclic amide) rings is 1. The number of carbonyl (C=O) groups excluding carboxylic acids is 1. The highest BCUT2D eigenvalue weighted by Gasteiger charge is 2.43. The lowest BCUT2D eigenvalue weighted by Crippen LogP contribution is -2.54. The molecule has 1 fully saturated rings. The fraction of sp³-hybridized carbons (Fsp3) is 0.857. The molecule has 13 heavy (non-hydrogen) atoms. The van der Waals surface area contributed by atoms with Crippen LogP contribution in [0.15, 0.2) is 0 Å². The summed E-state index contributed by atoms with van der Waals surface area (Å²) in [5, 5.41) is 0. The van der Waals surface area contributed by atoms with E-state index in [4.69, 9.17) is 10.7 Å². The van der Waals surface area contributed by atoms with E-state index in [1.54, 1.807) is 0 Å². The molecule has 1 aliphatic heterocycles. The van der Waals surface area contributed by atoms with Crippen molar-refractivity contribution in [2.75, 3.05) is 0 Å². The fourth-order valence-electron chi connectivity index (χ4n) is 1.49. The molecule has 0 bridgehead atoms. The Hall–Kier alpha value is -0.290. The zero-order chi connectivity index (χ0) is 10.2. The van der Waals surface area contributed by atoms with Gasteiger partial charge in [-0.2, -0.15) is 8.42 Å². The van der Waals surface area contributed by atoms with Gasteiger partial charge in [0.05, 0.1) is 6.04 Å². The summed E-state index contributed by atoms with van der Waals surface area (Å²) in [6.07, 6.45) is 0.974. The average Bonchev–Trinajstić information content (AvgIpc) is 1.79. The molecule has 1 saturated heterocycles. The van der Waals surface area contributed by atoms with Crippen molar-refractivity contribution >= 4 is 25.8 Å². The van der Waals surface area contributed by atoms with Crippen LogP contribution in [0.25, 0.3) is 0 Å². The molecule has 0 radical (unpaired) electrons. The maximum absolute atomic E-state index is 10.9. The van der Waals surface area contributed by atoms with Crippen molar-refractivity contribution in [2.45, 2.75) is 32.7 Å². The van der Waals surface area contributed by atoms with Crippen LogP contribution < -0.4 is 0 Å². The Kier molecular flexibility index (Phi) is 2.87. The van der Waals surface area contributed by atoms with E-state index >= 15 is 0 Å². The second kappa shape index (κ2) is 3.46. The van der Waals surface area contributed by atoms with Gasteiger partial charge in [0.15, 0.2) is 0 Å². The second-order valence-corrected chi connectivity index (χ2v) is 6.01. The van der Waals surface area contributed by atoms with E-state index in [0.29, 0.717) is 18.8 Å². The number of halogens is 1. The summed E-state index contributed by atoms with van der Waals surface area (Å²) in [5.41, 5.74) is 0. The number of rotatable bonds is 3. The minimum atomic E-state index is -3.85. The normalized spacial score (nSPS) is 23.5. The Morgan fingerprint density at radius 1 is 1.62 bits per heavy atom. The minimum absolute atomic E-state index is 0.227. The molecule has 76 valence electrons. The van der Waals surface area contributed by atoms with Crippen LogP contribution in [-0.4, -0.2) is 24.7 Å². The summed E-state index contributed by atoms with van der Waals surface area (Å²) in [6, 6.07) is -0.227. The molecule has 6 heteroatoms. The fourth-order valence-corrected chi connectivity index (χ4v) is 2.89. The van der Waals surface area contributed by atoms with Crippen LogP contribution in [0.1, 0.15) is 26.7 Å². The summed E-state index contributed by atoms with van der Waals surface area (Å²) in [6.45, 7) is 3.95. The van der Waals surface area contributed by atoms with Gasteiger partial charge in [-0.05, 0) is 12.3 Å². The molecule has 0 aromatic rings.